The molecule has 2 saturated heterocycles. The lowest BCUT2D eigenvalue weighted by atomic mass is 9.89. The molecule has 2 aliphatic rings. The second-order valence-electron chi connectivity index (χ2n) is 4.90. The first-order valence-electron chi connectivity index (χ1n) is 5.79. The van der Waals surface area contributed by atoms with Crippen LogP contribution in [0, 0.1) is 23.2 Å². The molecule has 0 aromatic rings. The molecule has 2 heterocycles. The predicted octanol–water partition coefficient (Wildman–Crippen LogP) is 1.63. The lowest BCUT2D eigenvalue weighted by molar-refractivity contribution is -0.164. The molecular weight excluding hydrogens is 249 g/mol. The highest BCUT2D eigenvalue weighted by Gasteiger charge is 2.52. The maximum absolute atomic E-state index is 12.5. The number of aliphatic carboxylic acids is 1. The molecule has 7 heteroatoms. The summed E-state index contributed by atoms with van der Waals surface area (Å²) in [7, 11) is 0. The van der Waals surface area contributed by atoms with E-state index in [4.69, 9.17) is 10.4 Å². The minimum atomic E-state index is -4.55. The fourth-order valence-corrected chi connectivity index (χ4v) is 3.08. The van der Waals surface area contributed by atoms with Crippen LogP contribution in [-0.4, -0.2) is 40.8 Å². The van der Waals surface area contributed by atoms with Crippen molar-refractivity contribution in [2.45, 2.75) is 37.5 Å². The van der Waals surface area contributed by atoms with Crippen molar-refractivity contribution in [1.29, 1.82) is 5.26 Å². The number of halogens is 3. The third-order valence-electron chi connectivity index (χ3n) is 3.94. The average Bonchev–Trinajstić information content (AvgIpc) is 2.80. The summed E-state index contributed by atoms with van der Waals surface area (Å²) in [5, 5.41) is 17.6. The van der Waals surface area contributed by atoms with Crippen LogP contribution in [0.25, 0.3) is 0 Å². The zero-order chi connectivity index (χ0) is 13.5. The monoisotopic (exact) mass is 262 g/mol. The molecule has 4 unspecified atom stereocenters. The van der Waals surface area contributed by atoms with Crippen LogP contribution in [0.5, 0.6) is 0 Å². The second-order valence-corrected chi connectivity index (χ2v) is 4.90. The van der Waals surface area contributed by atoms with Crippen molar-refractivity contribution in [3.05, 3.63) is 0 Å². The Morgan fingerprint density at radius 2 is 2.17 bits per heavy atom. The molecule has 0 radical (unpaired) electrons. The van der Waals surface area contributed by atoms with Gasteiger partial charge in [-0.2, -0.15) is 18.4 Å². The highest BCUT2D eigenvalue weighted by molar-refractivity contribution is 5.71. The molecule has 2 aliphatic heterocycles. The van der Waals surface area contributed by atoms with Crippen molar-refractivity contribution >= 4 is 5.97 Å². The molecule has 0 spiro atoms. The fourth-order valence-electron chi connectivity index (χ4n) is 3.08. The standard InChI is InChI=1S/C11H13F3N2O2/c12-11(13,14)6(4-15)5-16-7-1-2-9(16)8(3-7)10(17)18/h6-9H,1-3,5H2,(H,17,18). The summed E-state index contributed by atoms with van der Waals surface area (Å²) in [5.41, 5.74) is 0. The maximum atomic E-state index is 12.5. The lowest BCUT2D eigenvalue weighted by Crippen LogP contribution is -2.40. The van der Waals surface area contributed by atoms with E-state index in [0.29, 0.717) is 12.8 Å². The van der Waals surface area contributed by atoms with E-state index >= 15 is 0 Å². The summed E-state index contributed by atoms with van der Waals surface area (Å²) in [4.78, 5) is 12.5. The van der Waals surface area contributed by atoms with Gasteiger partial charge >= 0.3 is 12.1 Å². The van der Waals surface area contributed by atoms with E-state index in [-0.39, 0.29) is 12.1 Å². The van der Waals surface area contributed by atoms with Gasteiger partial charge < -0.3 is 5.11 Å². The summed E-state index contributed by atoms with van der Waals surface area (Å²) >= 11 is 0. The Balaban J connectivity index is 2.08. The van der Waals surface area contributed by atoms with Gasteiger partial charge in [-0.05, 0) is 19.3 Å². The number of rotatable bonds is 3. The van der Waals surface area contributed by atoms with E-state index in [1.54, 1.807) is 4.90 Å². The van der Waals surface area contributed by atoms with Crippen LogP contribution in [0.3, 0.4) is 0 Å². The molecule has 0 aliphatic carbocycles. The minimum absolute atomic E-state index is 0.116. The van der Waals surface area contributed by atoms with Gasteiger partial charge in [-0.15, -0.1) is 0 Å². The molecule has 4 atom stereocenters. The number of carboxylic acid groups (broad SMARTS) is 1. The Morgan fingerprint density at radius 1 is 1.50 bits per heavy atom. The third-order valence-corrected chi connectivity index (χ3v) is 3.94. The van der Waals surface area contributed by atoms with Crippen LogP contribution in [-0.2, 0) is 4.79 Å². The number of nitrogens with zero attached hydrogens (tertiary/aromatic N) is 2. The van der Waals surface area contributed by atoms with Gasteiger partial charge in [-0.1, -0.05) is 0 Å². The molecule has 0 amide bonds. The molecular formula is C11H13F3N2O2. The molecule has 2 rings (SSSR count). The van der Waals surface area contributed by atoms with Gasteiger partial charge in [0, 0.05) is 18.6 Å². The van der Waals surface area contributed by atoms with Gasteiger partial charge in [-0.3, -0.25) is 9.69 Å². The van der Waals surface area contributed by atoms with Crippen LogP contribution in [0.15, 0.2) is 0 Å². The molecule has 2 bridgehead atoms. The molecule has 100 valence electrons. The first-order chi connectivity index (χ1) is 8.34. The number of hydrogen-bond donors (Lipinski definition) is 1. The van der Waals surface area contributed by atoms with Crippen molar-refractivity contribution in [1.82, 2.24) is 4.90 Å². The molecule has 1 N–H and O–H groups in total. The predicted molar refractivity (Wildman–Crippen MR) is 54.4 cm³/mol. The fraction of sp³-hybridized carbons (Fsp3) is 0.818. The molecule has 18 heavy (non-hydrogen) atoms. The van der Waals surface area contributed by atoms with Gasteiger partial charge in [0.15, 0.2) is 5.92 Å². The quantitative estimate of drug-likeness (QED) is 0.839. The number of carbonyl (C=O) groups is 1. The summed E-state index contributed by atoms with van der Waals surface area (Å²) in [6, 6.07) is 0.809. The van der Waals surface area contributed by atoms with Gasteiger partial charge in [0.2, 0.25) is 0 Å². The summed E-state index contributed by atoms with van der Waals surface area (Å²) in [6.45, 7) is -0.404. The van der Waals surface area contributed by atoms with Crippen LogP contribution in [0.2, 0.25) is 0 Å². The Labute approximate surface area is 102 Å². The number of hydrogen-bond acceptors (Lipinski definition) is 3. The van der Waals surface area contributed by atoms with E-state index in [9.17, 15) is 18.0 Å². The van der Waals surface area contributed by atoms with Gasteiger partial charge in [0.1, 0.15) is 0 Å². The van der Waals surface area contributed by atoms with Crippen LogP contribution < -0.4 is 0 Å². The Bertz CT molecular complexity index is 391. The van der Waals surface area contributed by atoms with Crippen molar-refractivity contribution in [3.8, 4) is 6.07 Å². The summed E-state index contributed by atoms with van der Waals surface area (Å²) < 4.78 is 37.6. The van der Waals surface area contributed by atoms with E-state index in [1.165, 1.54) is 6.07 Å². The zero-order valence-corrected chi connectivity index (χ0v) is 9.52. The molecule has 0 aromatic heterocycles. The van der Waals surface area contributed by atoms with Crippen molar-refractivity contribution in [2.75, 3.05) is 6.54 Å². The highest BCUT2D eigenvalue weighted by atomic mass is 19.4. The first-order valence-corrected chi connectivity index (χ1v) is 5.79. The van der Waals surface area contributed by atoms with Crippen molar-refractivity contribution in [3.63, 3.8) is 0 Å². The van der Waals surface area contributed by atoms with E-state index in [0.717, 1.165) is 6.42 Å². The normalized spacial score (nSPS) is 33.3. The average molecular weight is 262 g/mol. The maximum Gasteiger partial charge on any atom is 0.405 e. The largest absolute Gasteiger partial charge is 0.481 e. The number of fused-ring (bicyclic) bond motifs is 2. The second kappa shape index (κ2) is 4.43. The first kappa shape index (κ1) is 13.1. The van der Waals surface area contributed by atoms with E-state index < -0.39 is 30.5 Å². The highest BCUT2D eigenvalue weighted by Crippen LogP contribution is 2.43. The molecule has 2 fully saturated rings. The van der Waals surface area contributed by atoms with Crippen LogP contribution in [0.4, 0.5) is 13.2 Å². The SMILES string of the molecule is N#CC(CN1C2CCC1C(C(=O)O)C2)C(F)(F)F. The number of alkyl halides is 3. The molecule has 0 aromatic carbocycles. The Morgan fingerprint density at radius 3 is 2.61 bits per heavy atom. The van der Waals surface area contributed by atoms with E-state index in [2.05, 4.69) is 0 Å². The third kappa shape index (κ3) is 2.17. The van der Waals surface area contributed by atoms with Crippen molar-refractivity contribution in [2.24, 2.45) is 11.8 Å². The molecule has 0 saturated carbocycles. The van der Waals surface area contributed by atoms with Gasteiger partial charge in [-0.25, -0.2) is 0 Å². The van der Waals surface area contributed by atoms with Crippen LogP contribution >= 0.6 is 0 Å². The Kier molecular flexibility index (Phi) is 3.23. The van der Waals surface area contributed by atoms with Crippen LogP contribution in [0.1, 0.15) is 19.3 Å². The Hall–Kier alpha value is -1.29. The topological polar surface area (TPSA) is 64.3 Å². The summed E-state index contributed by atoms with van der Waals surface area (Å²) in [6.07, 6.45) is -2.81. The minimum Gasteiger partial charge on any atom is -0.481 e. The summed E-state index contributed by atoms with van der Waals surface area (Å²) in [5.74, 6) is -3.57. The van der Waals surface area contributed by atoms with Gasteiger partial charge in [0.05, 0.1) is 12.0 Å². The van der Waals surface area contributed by atoms with Crippen molar-refractivity contribution < 1.29 is 23.1 Å². The molecule has 4 nitrogen and oxygen atoms in total. The zero-order valence-electron chi connectivity index (χ0n) is 9.52. The lowest BCUT2D eigenvalue weighted by Gasteiger charge is -2.25. The smallest absolute Gasteiger partial charge is 0.405 e. The van der Waals surface area contributed by atoms with E-state index in [1.807, 2.05) is 0 Å². The number of nitriles is 1. The van der Waals surface area contributed by atoms with Gasteiger partial charge in [0.25, 0.3) is 0 Å². The number of carboxylic acids is 1.